The van der Waals surface area contributed by atoms with Crippen molar-refractivity contribution in [1.29, 1.82) is 0 Å². The molecule has 0 aromatic rings. The van der Waals surface area contributed by atoms with Crippen LogP contribution in [0.5, 0.6) is 0 Å². The van der Waals surface area contributed by atoms with Crippen LogP contribution < -0.4 is 0 Å². The van der Waals surface area contributed by atoms with Crippen molar-refractivity contribution in [3.8, 4) is 0 Å². The first kappa shape index (κ1) is 7.56. The molecule has 4 atom stereocenters. The molecular formula is C9H16O2. The van der Waals surface area contributed by atoms with Crippen LogP contribution >= 0.6 is 0 Å². The van der Waals surface area contributed by atoms with E-state index in [1.54, 1.807) is 0 Å². The van der Waals surface area contributed by atoms with Crippen molar-refractivity contribution in [2.24, 2.45) is 11.8 Å². The molecule has 2 heteroatoms. The Kier molecular flexibility index (Phi) is 1.90. The van der Waals surface area contributed by atoms with Crippen molar-refractivity contribution in [2.45, 2.75) is 45.3 Å². The van der Waals surface area contributed by atoms with Crippen molar-refractivity contribution in [3.63, 3.8) is 0 Å². The van der Waals surface area contributed by atoms with Gasteiger partial charge in [-0.3, -0.25) is 0 Å². The average Bonchev–Trinajstić information content (AvgIpc) is 2.02. The summed E-state index contributed by atoms with van der Waals surface area (Å²) in [5.41, 5.74) is 0. The zero-order chi connectivity index (χ0) is 7.84. The Labute approximate surface area is 67.8 Å². The minimum atomic E-state index is 0.318. The van der Waals surface area contributed by atoms with Crippen LogP contribution in [0.15, 0.2) is 0 Å². The molecule has 0 N–H and O–H groups in total. The smallest absolute Gasteiger partial charge is 0.0959 e. The molecule has 0 radical (unpaired) electrons. The van der Waals surface area contributed by atoms with Crippen molar-refractivity contribution in [3.05, 3.63) is 0 Å². The highest BCUT2D eigenvalue weighted by Gasteiger charge is 2.37. The maximum atomic E-state index is 5.27. The van der Waals surface area contributed by atoms with Crippen LogP contribution in [-0.4, -0.2) is 12.2 Å². The molecule has 2 fully saturated rings. The number of rotatable bonds is 0. The fourth-order valence-electron chi connectivity index (χ4n) is 2.11. The highest BCUT2D eigenvalue weighted by Crippen LogP contribution is 2.37. The number of hydrogen-bond donors (Lipinski definition) is 0. The van der Waals surface area contributed by atoms with E-state index in [1.807, 2.05) is 0 Å². The predicted octanol–water partition coefficient (Wildman–Crippen LogP) is 2.14. The second-order valence-corrected chi connectivity index (χ2v) is 3.99. The first-order valence-corrected chi connectivity index (χ1v) is 4.59. The molecule has 11 heavy (non-hydrogen) atoms. The fourth-order valence-corrected chi connectivity index (χ4v) is 2.11. The largest absolute Gasteiger partial charge is 0.233 e. The Morgan fingerprint density at radius 3 is 2.73 bits per heavy atom. The first-order valence-electron chi connectivity index (χ1n) is 4.59. The Morgan fingerprint density at radius 2 is 1.91 bits per heavy atom. The van der Waals surface area contributed by atoms with Crippen LogP contribution in [0.2, 0.25) is 0 Å². The lowest BCUT2D eigenvalue weighted by molar-refractivity contribution is -0.397. The lowest BCUT2D eigenvalue weighted by Gasteiger charge is -2.40. The van der Waals surface area contributed by atoms with E-state index >= 15 is 0 Å². The van der Waals surface area contributed by atoms with Gasteiger partial charge in [0.05, 0.1) is 12.2 Å². The monoisotopic (exact) mass is 156 g/mol. The van der Waals surface area contributed by atoms with Gasteiger partial charge in [0.15, 0.2) is 0 Å². The quantitative estimate of drug-likeness (QED) is 0.500. The molecule has 1 heterocycles. The van der Waals surface area contributed by atoms with Crippen molar-refractivity contribution in [2.75, 3.05) is 0 Å². The summed E-state index contributed by atoms with van der Waals surface area (Å²) in [7, 11) is 0. The third-order valence-electron chi connectivity index (χ3n) is 3.16. The second kappa shape index (κ2) is 2.76. The zero-order valence-corrected chi connectivity index (χ0v) is 7.25. The van der Waals surface area contributed by atoms with Gasteiger partial charge < -0.3 is 0 Å². The maximum Gasteiger partial charge on any atom is 0.0959 e. The molecule has 0 aromatic carbocycles. The maximum absolute atomic E-state index is 5.27. The molecule has 2 nitrogen and oxygen atoms in total. The molecule has 0 aromatic heterocycles. The lowest BCUT2D eigenvalue weighted by atomic mass is 9.78. The molecule has 1 aliphatic carbocycles. The Morgan fingerprint density at radius 1 is 1.09 bits per heavy atom. The van der Waals surface area contributed by atoms with E-state index in [-0.39, 0.29) is 0 Å². The van der Waals surface area contributed by atoms with Gasteiger partial charge in [0, 0.05) is 0 Å². The van der Waals surface area contributed by atoms with Crippen LogP contribution in [-0.2, 0) is 9.78 Å². The Balaban J connectivity index is 2.02. The molecule has 1 aliphatic heterocycles. The molecule has 0 spiro atoms. The molecule has 2 aliphatic rings. The van der Waals surface area contributed by atoms with Gasteiger partial charge in [0.1, 0.15) is 0 Å². The third-order valence-corrected chi connectivity index (χ3v) is 3.16. The molecule has 64 valence electrons. The van der Waals surface area contributed by atoms with Gasteiger partial charge in [-0.15, -0.1) is 0 Å². The Bertz CT molecular complexity index is 130. The molecule has 2 rings (SSSR count). The summed E-state index contributed by atoms with van der Waals surface area (Å²) in [5.74, 6) is 1.45. The Hall–Kier alpha value is -0.0800. The van der Waals surface area contributed by atoms with E-state index in [0.29, 0.717) is 18.1 Å². The topological polar surface area (TPSA) is 18.5 Å². The van der Waals surface area contributed by atoms with Crippen LogP contribution in [0.1, 0.15) is 33.1 Å². The van der Waals surface area contributed by atoms with Crippen molar-refractivity contribution in [1.82, 2.24) is 0 Å². The lowest BCUT2D eigenvalue weighted by Crippen LogP contribution is -2.41. The number of fused-ring (bicyclic) bond motifs is 2. The summed E-state index contributed by atoms with van der Waals surface area (Å²) in [5, 5.41) is 0. The SMILES string of the molecule is CC1CCC2CC1OOC2C. The van der Waals surface area contributed by atoms with Gasteiger partial charge in [-0.1, -0.05) is 6.92 Å². The van der Waals surface area contributed by atoms with Crippen LogP contribution in [0.3, 0.4) is 0 Å². The highest BCUT2D eigenvalue weighted by atomic mass is 17.2. The predicted molar refractivity (Wildman–Crippen MR) is 41.9 cm³/mol. The molecule has 1 saturated carbocycles. The highest BCUT2D eigenvalue weighted by molar-refractivity contribution is 4.82. The molecule has 0 amide bonds. The van der Waals surface area contributed by atoms with E-state index in [9.17, 15) is 0 Å². The van der Waals surface area contributed by atoms with E-state index in [0.717, 1.165) is 5.92 Å². The van der Waals surface area contributed by atoms with Crippen LogP contribution in [0.25, 0.3) is 0 Å². The summed E-state index contributed by atoms with van der Waals surface area (Å²) >= 11 is 0. The molecule has 2 bridgehead atoms. The molecule has 1 saturated heterocycles. The third kappa shape index (κ3) is 1.30. The van der Waals surface area contributed by atoms with E-state index in [2.05, 4.69) is 13.8 Å². The van der Waals surface area contributed by atoms with Crippen LogP contribution in [0.4, 0.5) is 0 Å². The standard InChI is InChI=1S/C9H16O2/c1-6-3-4-8-5-9(6)11-10-7(8)2/h6-9H,3-5H2,1-2H3. The summed E-state index contributed by atoms with van der Waals surface area (Å²) in [4.78, 5) is 10.5. The summed E-state index contributed by atoms with van der Waals surface area (Å²) < 4.78 is 0. The zero-order valence-electron chi connectivity index (χ0n) is 7.25. The second-order valence-electron chi connectivity index (χ2n) is 3.99. The summed E-state index contributed by atoms with van der Waals surface area (Å²) in [6, 6.07) is 0. The summed E-state index contributed by atoms with van der Waals surface area (Å²) in [6.07, 6.45) is 4.54. The minimum absolute atomic E-state index is 0.318. The summed E-state index contributed by atoms with van der Waals surface area (Å²) in [6.45, 7) is 4.36. The van der Waals surface area contributed by atoms with E-state index in [4.69, 9.17) is 9.78 Å². The van der Waals surface area contributed by atoms with Gasteiger partial charge in [0.25, 0.3) is 0 Å². The minimum Gasteiger partial charge on any atom is -0.233 e. The molecule has 4 unspecified atom stereocenters. The van der Waals surface area contributed by atoms with Crippen LogP contribution in [0, 0.1) is 11.8 Å². The average molecular weight is 156 g/mol. The van der Waals surface area contributed by atoms with E-state index < -0.39 is 0 Å². The first-order chi connectivity index (χ1) is 5.27. The van der Waals surface area contributed by atoms with Gasteiger partial charge in [-0.25, -0.2) is 9.78 Å². The van der Waals surface area contributed by atoms with E-state index in [1.165, 1.54) is 19.3 Å². The van der Waals surface area contributed by atoms with Gasteiger partial charge in [0.2, 0.25) is 0 Å². The fraction of sp³-hybridized carbons (Fsp3) is 1.00. The van der Waals surface area contributed by atoms with Crippen molar-refractivity contribution < 1.29 is 9.78 Å². The van der Waals surface area contributed by atoms with Gasteiger partial charge in [-0.05, 0) is 38.0 Å². The van der Waals surface area contributed by atoms with Gasteiger partial charge >= 0.3 is 0 Å². The van der Waals surface area contributed by atoms with Gasteiger partial charge in [-0.2, -0.15) is 0 Å². The molecular weight excluding hydrogens is 140 g/mol. The normalized spacial score (nSPS) is 50.7. The van der Waals surface area contributed by atoms with Crippen molar-refractivity contribution >= 4 is 0 Å². The number of hydrogen-bond acceptors (Lipinski definition) is 2.